The quantitative estimate of drug-likeness (QED) is 0.838. The van der Waals surface area contributed by atoms with Crippen LogP contribution in [0.1, 0.15) is 15.9 Å². The molecule has 98 valence electrons. The summed E-state index contributed by atoms with van der Waals surface area (Å²) < 4.78 is 27.1. The van der Waals surface area contributed by atoms with E-state index in [4.69, 9.17) is 4.28 Å². The van der Waals surface area contributed by atoms with Gasteiger partial charge in [0.25, 0.3) is 16.0 Å². The Morgan fingerprint density at radius 1 is 1.16 bits per heavy atom. The molecule has 19 heavy (non-hydrogen) atoms. The fraction of sp³-hybridized carbons (Fsp3) is 0.154. The highest BCUT2D eigenvalue weighted by atomic mass is 32.2. The Labute approximate surface area is 110 Å². The average Bonchev–Trinajstić information content (AvgIpc) is 2.34. The number of amides is 1. The molecular weight excluding hydrogens is 266 g/mol. The van der Waals surface area contributed by atoms with E-state index in [1.54, 1.807) is 12.1 Å². The molecule has 0 fully saturated rings. The third kappa shape index (κ3) is 2.09. The van der Waals surface area contributed by atoms with Crippen LogP contribution < -0.4 is 0 Å². The van der Waals surface area contributed by atoms with Gasteiger partial charge in [0.15, 0.2) is 0 Å². The molecule has 0 aliphatic carbocycles. The summed E-state index contributed by atoms with van der Waals surface area (Å²) in [6.45, 7) is 0.125. The van der Waals surface area contributed by atoms with Gasteiger partial charge in [-0.05, 0) is 22.4 Å². The van der Waals surface area contributed by atoms with Gasteiger partial charge in [-0.25, -0.2) is 0 Å². The first-order valence-corrected chi connectivity index (χ1v) is 7.49. The Balaban J connectivity index is 2.16. The molecule has 1 aliphatic heterocycles. The van der Waals surface area contributed by atoms with E-state index in [9.17, 15) is 13.2 Å². The summed E-state index contributed by atoms with van der Waals surface area (Å²) in [5.74, 6) is -0.435. The van der Waals surface area contributed by atoms with E-state index in [2.05, 4.69) is 0 Å². The summed E-state index contributed by atoms with van der Waals surface area (Å²) in [6.07, 6.45) is 0.918. The molecule has 0 N–H and O–H groups in total. The molecule has 0 aromatic heterocycles. The maximum atomic E-state index is 12.2. The van der Waals surface area contributed by atoms with Crippen LogP contribution in [0.5, 0.6) is 0 Å². The van der Waals surface area contributed by atoms with Crippen LogP contribution >= 0.6 is 0 Å². The Morgan fingerprint density at radius 2 is 1.84 bits per heavy atom. The molecule has 6 heteroatoms. The van der Waals surface area contributed by atoms with Crippen LogP contribution in [0.3, 0.4) is 0 Å². The molecule has 0 saturated heterocycles. The molecule has 2 aromatic rings. The highest BCUT2D eigenvalue weighted by Crippen LogP contribution is 2.30. The number of hydrogen-bond donors (Lipinski definition) is 0. The van der Waals surface area contributed by atoms with E-state index < -0.39 is 16.0 Å². The van der Waals surface area contributed by atoms with E-state index in [0.29, 0.717) is 5.56 Å². The predicted molar refractivity (Wildman–Crippen MR) is 69.8 cm³/mol. The summed E-state index contributed by atoms with van der Waals surface area (Å²) in [4.78, 5) is 12.2. The standard InChI is InChI=1S/C13H11NO4S/c1-19(16,17)18-14-8-10-6-2-4-9-5-3-7-11(12(9)10)13(14)15/h2-7H,8H2,1H3. The number of nitrogens with zero attached hydrogens (tertiary/aromatic N) is 1. The SMILES string of the molecule is CS(=O)(=O)ON1Cc2cccc3cccc(c23)C1=O. The van der Waals surface area contributed by atoms with Crippen LogP contribution in [0.4, 0.5) is 0 Å². The van der Waals surface area contributed by atoms with Crippen molar-refractivity contribution < 1.29 is 17.5 Å². The molecule has 3 rings (SSSR count). The largest absolute Gasteiger partial charge is 0.285 e. The molecule has 0 unspecified atom stereocenters. The van der Waals surface area contributed by atoms with Gasteiger partial charge >= 0.3 is 0 Å². The molecule has 0 bridgehead atoms. The second kappa shape index (κ2) is 4.04. The Hall–Kier alpha value is -1.92. The molecule has 1 amide bonds. The predicted octanol–water partition coefficient (Wildman–Crippen LogP) is 1.69. The van der Waals surface area contributed by atoms with Crippen molar-refractivity contribution in [2.45, 2.75) is 6.54 Å². The number of benzene rings is 2. The summed E-state index contributed by atoms with van der Waals surface area (Å²) in [6, 6.07) is 11.0. The van der Waals surface area contributed by atoms with Crippen molar-refractivity contribution in [2.24, 2.45) is 0 Å². The number of carbonyl (C=O) groups is 1. The normalized spacial score (nSPS) is 15.0. The van der Waals surface area contributed by atoms with Gasteiger partial charge in [0.05, 0.1) is 12.8 Å². The van der Waals surface area contributed by atoms with Crippen molar-refractivity contribution in [3.8, 4) is 0 Å². The van der Waals surface area contributed by atoms with E-state index in [1.807, 2.05) is 24.3 Å². The van der Waals surface area contributed by atoms with Gasteiger partial charge < -0.3 is 0 Å². The molecular formula is C13H11NO4S. The number of hydroxylamine groups is 2. The average molecular weight is 277 g/mol. The fourth-order valence-electron chi connectivity index (χ4n) is 2.31. The number of hydrogen-bond acceptors (Lipinski definition) is 4. The molecule has 0 radical (unpaired) electrons. The molecule has 2 aromatic carbocycles. The third-order valence-corrected chi connectivity index (χ3v) is 3.44. The van der Waals surface area contributed by atoms with Gasteiger partial charge in [0.2, 0.25) is 0 Å². The second-order valence-corrected chi connectivity index (χ2v) is 6.00. The first kappa shape index (κ1) is 12.1. The van der Waals surface area contributed by atoms with Gasteiger partial charge in [-0.2, -0.15) is 13.5 Å². The minimum absolute atomic E-state index is 0.125. The van der Waals surface area contributed by atoms with Crippen molar-refractivity contribution in [3.63, 3.8) is 0 Å². The van der Waals surface area contributed by atoms with E-state index in [1.165, 1.54) is 0 Å². The van der Waals surface area contributed by atoms with Crippen molar-refractivity contribution in [3.05, 3.63) is 47.5 Å². The lowest BCUT2D eigenvalue weighted by Gasteiger charge is -2.26. The molecule has 1 heterocycles. The van der Waals surface area contributed by atoms with Crippen molar-refractivity contribution in [1.29, 1.82) is 0 Å². The Bertz CT molecular complexity index is 777. The minimum Gasteiger partial charge on any atom is -0.267 e. The third-order valence-electron chi connectivity index (χ3n) is 2.99. The van der Waals surface area contributed by atoms with Gasteiger partial charge in [0, 0.05) is 5.56 Å². The lowest BCUT2D eigenvalue weighted by Crippen LogP contribution is -2.35. The van der Waals surface area contributed by atoms with Crippen LogP contribution in [0.15, 0.2) is 36.4 Å². The van der Waals surface area contributed by atoms with E-state index in [0.717, 1.165) is 27.7 Å². The number of carbonyl (C=O) groups excluding carboxylic acids is 1. The van der Waals surface area contributed by atoms with Gasteiger partial charge in [0.1, 0.15) is 0 Å². The summed E-state index contributed by atoms with van der Waals surface area (Å²) in [7, 11) is -3.72. The highest BCUT2D eigenvalue weighted by Gasteiger charge is 2.28. The molecule has 0 saturated carbocycles. The Morgan fingerprint density at radius 3 is 2.53 bits per heavy atom. The van der Waals surface area contributed by atoms with Crippen molar-refractivity contribution in [1.82, 2.24) is 5.06 Å². The van der Waals surface area contributed by atoms with E-state index >= 15 is 0 Å². The summed E-state index contributed by atoms with van der Waals surface area (Å²) in [5, 5.41) is 2.71. The van der Waals surface area contributed by atoms with Crippen LogP contribution in [-0.2, 0) is 20.9 Å². The zero-order chi connectivity index (χ0) is 13.6. The van der Waals surface area contributed by atoms with Crippen molar-refractivity contribution >= 4 is 26.8 Å². The summed E-state index contributed by atoms with van der Waals surface area (Å²) in [5.41, 5.74) is 1.33. The smallest absolute Gasteiger partial charge is 0.267 e. The number of rotatable bonds is 2. The molecule has 1 aliphatic rings. The fourth-order valence-corrected chi connectivity index (χ4v) is 2.76. The minimum atomic E-state index is -3.72. The van der Waals surface area contributed by atoms with Gasteiger partial charge in [-0.1, -0.05) is 30.3 Å². The summed E-state index contributed by atoms with van der Waals surface area (Å²) >= 11 is 0. The van der Waals surface area contributed by atoms with Gasteiger partial charge in [-0.15, -0.1) is 4.28 Å². The van der Waals surface area contributed by atoms with Crippen LogP contribution in [0, 0.1) is 0 Å². The second-order valence-electron chi connectivity index (χ2n) is 4.44. The van der Waals surface area contributed by atoms with Crippen molar-refractivity contribution in [2.75, 3.05) is 6.26 Å². The topological polar surface area (TPSA) is 63.7 Å². The highest BCUT2D eigenvalue weighted by molar-refractivity contribution is 7.85. The van der Waals surface area contributed by atoms with Gasteiger partial charge in [-0.3, -0.25) is 4.79 Å². The zero-order valence-electron chi connectivity index (χ0n) is 10.2. The zero-order valence-corrected chi connectivity index (χ0v) is 11.0. The van der Waals surface area contributed by atoms with E-state index in [-0.39, 0.29) is 6.54 Å². The maximum Gasteiger partial charge on any atom is 0.285 e. The Kier molecular flexibility index (Phi) is 2.58. The van der Waals surface area contributed by atoms with Crippen LogP contribution in [-0.4, -0.2) is 25.6 Å². The molecule has 0 atom stereocenters. The first-order valence-electron chi connectivity index (χ1n) is 5.68. The lowest BCUT2D eigenvalue weighted by molar-refractivity contribution is -0.0343. The lowest BCUT2D eigenvalue weighted by atomic mass is 9.96. The maximum absolute atomic E-state index is 12.2. The first-order chi connectivity index (χ1) is 8.96. The van der Waals surface area contributed by atoms with Crippen LogP contribution in [0.25, 0.3) is 10.8 Å². The molecule has 0 spiro atoms. The molecule has 5 nitrogen and oxygen atoms in total. The monoisotopic (exact) mass is 277 g/mol. The van der Waals surface area contributed by atoms with Crippen LogP contribution in [0.2, 0.25) is 0 Å².